The van der Waals surface area contributed by atoms with E-state index in [2.05, 4.69) is 6.58 Å². The number of rotatable bonds is 4. The summed E-state index contributed by atoms with van der Waals surface area (Å²) in [5.74, 6) is -2.69. The van der Waals surface area contributed by atoms with Crippen molar-refractivity contribution in [2.24, 2.45) is 17.3 Å². The van der Waals surface area contributed by atoms with Gasteiger partial charge < -0.3 is 9.53 Å². The molecule has 1 saturated carbocycles. The second-order valence-electron chi connectivity index (χ2n) is 5.42. The van der Waals surface area contributed by atoms with Crippen LogP contribution in [0.15, 0.2) is 36.9 Å². The summed E-state index contributed by atoms with van der Waals surface area (Å²) >= 11 is 0. The van der Waals surface area contributed by atoms with Gasteiger partial charge in [0.05, 0.1) is 13.2 Å². The first-order chi connectivity index (χ1) is 10.5. The third kappa shape index (κ3) is 2.31. The lowest BCUT2D eigenvalue weighted by atomic mass is 9.73. The molecule has 0 aromatic heterocycles. The van der Waals surface area contributed by atoms with Gasteiger partial charge in [0.1, 0.15) is 12.1 Å². The summed E-state index contributed by atoms with van der Waals surface area (Å²) in [7, 11) is 1.21. The number of carbonyl (C=O) groups excluding carboxylic acids is 2. The predicted octanol–water partition coefficient (Wildman–Crippen LogP) is 2.61. The molecule has 0 saturated heterocycles. The Labute approximate surface area is 128 Å². The second kappa shape index (κ2) is 6.10. The van der Waals surface area contributed by atoms with Crippen LogP contribution in [0.1, 0.15) is 17.9 Å². The molecule has 1 aromatic carbocycles. The standard InChI is InChI=1S/C17H16FNO3/c1-3-11-8-17(10-19,16(21)22-2)15(14(11)9-20)12-4-6-13(18)7-5-12/h3-7,9,11,14-15H,1,8H2,2H3/t11-,14-,15+,17-/m0/s1. The summed E-state index contributed by atoms with van der Waals surface area (Å²) in [6.45, 7) is 3.69. The minimum atomic E-state index is -1.48. The molecule has 0 spiro atoms. The number of nitriles is 1. The number of benzene rings is 1. The molecule has 1 fully saturated rings. The first-order valence-electron chi connectivity index (χ1n) is 6.87. The molecule has 0 aliphatic heterocycles. The van der Waals surface area contributed by atoms with Crippen molar-refractivity contribution in [1.29, 1.82) is 5.26 Å². The van der Waals surface area contributed by atoms with Crippen LogP contribution in [0.5, 0.6) is 0 Å². The number of halogens is 1. The third-order valence-corrected chi connectivity index (χ3v) is 4.41. The Morgan fingerprint density at radius 1 is 1.50 bits per heavy atom. The Hall–Kier alpha value is -2.48. The number of esters is 1. The number of hydrogen-bond acceptors (Lipinski definition) is 4. The van der Waals surface area contributed by atoms with Gasteiger partial charge in [0.15, 0.2) is 5.41 Å². The SMILES string of the molecule is C=C[C@H]1C[C@@](C#N)(C(=O)OC)[C@H](c2ccc(F)cc2)[C@H]1C=O. The molecule has 0 unspecified atom stereocenters. The van der Waals surface area contributed by atoms with Crippen molar-refractivity contribution in [3.05, 3.63) is 48.3 Å². The fraction of sp³-hybridized carbons (Fsp3) is 0.353. The molecule has 1 aliphatic carbocycles. The lowest BCUT2D eigenvalue weighted by molar-refractivity contribution is -0.150. The van der Waals surface area contributed by atoms with Gasteiger partial charge in [0, 0.05) is 11.8 Å². The van der Waals surface area contributed by atoms with E-state index in [0.717, 1.165) is 6.29 Å². The van der Waals surface area contributed by atoms with E-state index in [1.165, 1.54) is 31.4 Å². The van der Waals surface area contributed by atoms with Crippen LogP contribution in [0.2, 0.25) is 0 Å². The third-order valence-electron chi connectivity index (χ3n) is 4.41. The van der Waals surface area contributed by atoms with Gasteiger partial charge in [-0.25, -0.2) is 4.39 Å². The smallest absolute Gasteiger partial charge is 0.326 e. The first kappa shape index (κ1) is 15.9. The van der Waals surface area contributed by atoms with E-state index in [4.69, 9.17) is 4.74 Å². The van der Waals surface area contributed by atoms with Crippen molar-refractivity contribution < 1.29 is 18.7 Å². The minimum Gasteiger partial charge on any atom is -0.468 e. The van der Waals surface area contributed by atoms with E-state index in [0.29, 0.717) is 5.56 Å². The highest BCUT2D eigenvalue weighted by Crippen LogP contribution is 2.55. The molecule has 114 valence electrons. The lowest BCUT2D eigenvalue weighted by Crippen LogP contribution is -2.35. The Kier molecular flexibility index (Phi) is 4.41. The van der Waals surface area contributed by atoms with E-state index in [1.807, 2.05) is 6.07 Å². The van der Waals surface area contributed by atoms with Crippen molar-refractivity contribution in [2.75, 3.05) is 7.11 Å². The minimum absolute atomic E-state index is 0.158. The maximum Gasteiger partial charge on any atom is 0.326 e. The Bertz CT molecular complexity index is 634. The van der Waals surface area contributed by atoms with Crippen molar-refractivity contribution in [2.45, 2.75) is 12.3 Å². The van der Waals surface area contributed by atoms with Gasteiger partial charge in [-0.15, -0.1) is 6.58 Å². The van der Waals surface area contributed by atoms with Gasteiger partial charge in [-0.2, -0.15) is 5.26 Å². The monoisotopic (exact) mass is 301 g/mol. The summed E-state index contributed by atoms with van der Waals surface area (Å²) in [6, 6.07) is 7.53. The maximum atomic E-state index is 13.2. The highest BCUT2D eigenvalue weighted by atomic mass is 19.1. The zero-order valence-corrected chi connectivity index (χ0v) is 12.2. The molecule has 4 nitrogen and oxygen atoms in total. The average Bonchev–Trinajstić information content (AvgIpc) is 2.89. The average molecular weight is 301 g/mol. The van der Waals surface area contributed by atoms with Crippen molar-refractivity contribution >= 4 is 12.3 Å². The number of ether oxygens (including phenoxy) is 1. The Morgan fingerprint density at radius 3 is 2.59 bits per heavy atom. The number of methoxy groups -OCH3 is 1. The Balaban J connectivity index is 2.62. The Morgan fingerprint density at radius 2 is 2.14 bits per heavy atom. The summed E-state index contributed by atoms with van der Waals surface area (Å²) < 4.78 is 18.0. The van der Waals surface area contributed by atoms with Crippen molar-refractivity contribution in [3.8, 4) is 6.07 Å². The van der Waals surface area contributed by atoms with Crippen LogP contribution in [0.3, 0.4) is 0 Å². The number of allylic oxidation sites excluding steroid dienone is 1. The van der Waals surface area contributed by atoms with E-state index in [1.54, 1.807) is 6.08 Å². The van der Waals surface area contributed by atoms with E-state index < -0.39 is 29.0 Å². The summed E-state index contributed by atoms with van der Waals surface area (Å²) in [4.78, 5) is 23.8. The van der Waals surface area contributed by atoms with Gasteiger partial charge in [-0.1, -0.05) is 18.2 Å². The molecule has 1 aliphatic rings. The van der Waals surface area contributed by atoms with Crippen LogP contribution in [-0.2, 0) is 14.3 Å². The van der Waals surface area contributed by atoms with Gasteiger partial charge in [-0.05, 0) is 30.0 Å². The largest absolute Gasteiger partial charge is 0.468 e. The molecular weight excluding hydrogens is 285 g/mol. The van der Waals surface area contributed by atoms with Crippen molar-refractivity contribution in [1.82, 2.24) is 0 Å². The molecular formula is C17H16FNO3. The molecule has 5 heteroatoms. The molecule has 0 N–H and O–H groups in total. The van der Waals surface area contributed by atoms with Gasteiger partial charge in [0.25, 0.3) is 0 Å². The van der Waals surface area contributed by atoms with Crippen molar-refractivity contribution in [3.63, 3.8) is 0 Å². The highest BCUT2D eigenvalue weighted by Gasteiger charge is 2.59. The normalized spacial score (nSPS) is 30.3. The zero-order valence-electron chi connectivity index (χ0n) is 12.2. The summed E-state index contributed by atoms with van der Waals surface area (Å²) in [6.07, 6.45) is 2.48. The zero-order chi connectivity index (χ0) is 16.3. The molecule has 1 aromatic rings. The number of carbonyl (C=O) groups is 2. The molecule has 4 atom stereocenters. The summed E-state index contributed by atoms with van der Waals surface area (Å²) in [5, 5.41) is 9.66. The van der Waals surface area contributed by atoms with Crippen LogP contribution in [0.25, 0.3) is 0 Å². The van der Waals surface area contributed by atoms with Gasteiger partial charge >= 0.3 is 5.97 Å². The number of aldehydes is 1. The molecule has 22 heavy (non-hydrogen) atoms. The van der Waals surface area contributed by atoms with Crippen LogP contribution < -0.4 is 0 Å². The van der Waals surface area contributed by atoms with E-state index in [9.17, 15) is 19.2 Å². The molecule has 0 radical (unpaired) electrons. The fourth-order valence-electron chi connectivity index (χ4n) is 3.36. The van der Waals surface area contributed by atoms with Gasteiger partial charge in [0.2, 0.25) is 0 Å². The molecule has 0 amide bonds. The van der Waals surface area contributed by atoms with E-state index >= 15 is 0 Å². The quantitative estimate of drug-likeness (QED) is 0.487. The highest BCUT2D eigenvalue weighted by molar-refractivity contribution is 5.84. The fourth-order valence-corrected chi connectivity index (χ4v) is 3.36. The lowest BCUT2D eigenvalue weighted by Gasteiger charge is -2.27. The van der Waals surface area contributed by atoms with Crippen LogP contribution in [0, 0.1) is 34.4 Å². The molecule has 0 bridgehead atoms. The first-order valence-corrected chi connectivity index (χ1v) is 6.87. The van der Waals surface area contributed by atoms with Crippen LogP contribution in [-0.4, -0.2) is 19.4 Å². The van der Waals surface area contributed by atoms with Crippen LogP contribution >= 0.6 is 0 Å². The van der Waals surface area contributed by atoms with Gasteiger partial charge in [-0.3, -0.25) is 4.79 Å². The van der Waals surface area contributed by atoms with E-state index in [-0.39, 0.29) is 12.3 Å². The summed E-state index contributed by atoms with van der Waals surface area (Å²) in [5.41, 5.74) is -0.911. The number of nitrogens with zero attached hydrogens (tertiary/aromatic N) is 1. The van der Waals surface area contributed by atoms with Crippen LogP contribution in [0.4, 0.5) is 4.39 Å². The topological polar surface area (TPSA) is 67.2 Å². The maximum absolute atomic E-state index is 13.2. The molecule has 0 heterocycles. The molecule has 2 rings (SSSR count). The number of hydrogen-bond donors (Lipinski definition) is 0. The predicted molar refractivity (Wildman–Crippen MR) is 77.1 cm³/mol. The second-order valence-corrected chi connectivity index (χ2v) is 5.42.